The third kappa shape index (κ3) is 6.81. The Kier molecular flexibility index (Phi) is 9.37. The summed E-state index contributed by atoms with van der Waals surface area (Å²) >= 11 is 0. The first-order chi connectivity index (χ1) is 19.8. The highest BCUT2D eigenvalue weighted by atomic mass is 32.2. The SMILES string of the molecule is CCc1ccc([C@@H]2CS(=O)(=O)c3ccc(C4OC(COC(C)=O)C(OC(C)=O)C(OC(C)=O)C4OC(C)=O)cc32)cc1. The number of carbonyl (C=O) groups is 4. The lowest BCUT2D eigenvalue weighted by atomic mass is 9.87. The predicted molar refractivity (Wildman–Crippen MR) is 147 cm³/mol. The fourth-order valence-corrected chi connectivity index (χ4v) is 7.28. The molecule has 2 aliphatic rings. The maximum Gasteiger partial charge on any atom is 0.303 e. The van der Waals surface area contributed by atoms with Gasteiger partial charge < -0.3 is 23.7 Å². The van der Waals surface area contributed by atoms with E-state index in [4.69, 9.17) is 23.7 Å². The Labute approximate surface area is 244 Å². The zero-order valence-corrected chi connectivity index (χ0v) is 24.8. The van der Waals surface area contributed by atoms with Crippen molar-refractivity contribution >= 4 is 33.7 Å². The van der Waals surface area contributed by atoms with Gasteiger partial charge in [-0.2, -0.15) is 0 Å². The predicted octanol–water partition coefficient (Wildman–Crippen LogP) is 2.97. The molecule has 226 valence electrons. The fraction of sp³-hybridized carbons (Fsp3) is 0.467. The zero-order valence-electron chi connectivity index (χ0n) is 24.0. The molecule has 2 aromatic carbocycles. The molecule has 2 heterocycles. The number of hydrogen-bond acceptors (Lipinski definition) is 11. The lowest BCUT2D eigenvalue weighted by Crippen LogP contribution is -2.59. The van der Waals surface area contributed by atoms with E-state index < -0.39 is 70.2 Å². The van der Waals surface area contributed by atoms with Crippen molar-refractivity contribution in [1.29, 1.82) is 0 Å². The molecule has 1 fully saturated rings. The second kappa shape index (κ2) is 12.6. The molecule has 0 aliphatic carbocycles. The number of ether oxygens (including phenoxy) is 5. The van der Waals surface area contributed by atoms with Crippen molar-refractivity contribution in [3.05, 3.63) is 64.7 Å². The van der Waals surface area contributed by atoms with Crippen LogP contribution in [0.15, 0.2) is 47.4 Å². The lowest BCUT2D eigenvalue weighted by Gasteiger charge is -2.44. The van der Waals surface area contributed by atoms with Gasteiger partial charge in [0.15, 0.2) is 28.1 Å². The van der Waals surface area contributed by atoms with Crippen LogP contribution >= 0.6 is 0 Å². The molecule has 2 aliphatic heterocycles. The quantitative estimate of drug-likeness (QED) is 0.324. The lowest BCUT2D eigenvalue weighted by molar-refractivity contribution is -0.254. The van der Waals surface area contributed by atoms with E-state index in [1.54, 1.807) is 12.1 Å². The Morgan fingerprint density at radius 1 is 0.786 bits per heavy atom. The average Bonchev–Trinajstić information content (AvgIpc) is 3.19. The molecule has 4 rings (SSSR count). The third-order valence-corrected chi connectivity index (χ3v) is 9.05. The molecule has 2 aromatic rings. The minimum Gasteiger partial charge on any atom is -0.463 e. The summed E-state index contributed by atoms with van der Waals surface area (Å²) in [7, 11) is -3.59. The van der Waals surface area contributed by atoms with Crippen molar-refractivity contribution in [3.8, 4) is 0 Å². The van der Waals surface area contributed by atoms with Crippen LogP contribution in [-0.4, -0.2) is 69.1 Å². The number of benzene rings is 2. The number of aryl methyl sites for hydroxylation is 1. The van der Waals surface area contributed by atoms with E-state index in [9.17, 15) is 27.6 Å². The molecule has 12 heteroatoms. The molecule has 1 saturated heterocycles. The molecule has 0 aromatic heterocycles. The Morgan fingerprint density at radius 2 is 1.36 bits per heavy atom. The van der Waals surface area contributed by atoms with Gasteiger partial charge in [0.2, 0.25) is 0 Å². The molecule has 0 radical (unpaired) electrons. The van der Waals surface area contributed by atoms with Crippen molar-refractivity contribution in [1.82, 2.24) is 0 Å². The van der Waals surface area contributed by atoms with Gasteiger partial charge in [-0.1, -0.05) is 43.3 Å². The number of hydrogen-bond donors (Lipinski definition) is 0. The first-order valence-electron chi connectivity index (χ1n) is 13.6. The van der Waals surface area contributed by atoms with Crippen LogP contribution in [0.5, 0.6) is 0 Å². The van der Waals surface area contributed by atoms with Gasteiger partial charge in [-0.15, -0.1) is 0 Å². The second-order valence-electron chi connectivity index (χ2n) is 10.3. The third-order valence-electron chi connectivity index (χ3n) is 7.24. The summed E-state index contributed by atoms with van der Waals surface area (Å²) < 4.78 is 54.2. The van der Waals surface area contributed by atoms with E-state index in [0.29, 0.717) is 11.1 Å². The van der Waals surface area contributed by atoms with Crippen molar-refractivity contribution in [3.63, 3.8) is 0 Å². The molecule has 0 N–H and O–H groups in total. The van der Waals surface area contributed by atoms with Gasteiger partial charge in [0.25, 0.3) is 0 Å². The zero-order chi connectivity index (χ0) is 30.8. The Hall–Kier alpha value is -3.77. The highest BCUT2D eigenvalue weighted by molar-refractivity contribution is 7.91. The molecular weight excluding hydrogens is 568 g/mol. The van der Waals surface area contributed by atoms with Gasteiger partial charge in [-0.05, 0) is 34.7 Å². The van der Waals surface area contributed by atoms with Gasteiger partial charge in [-0.25, -0.2) is 8.42 Å². The Bertz CT molecular complexity index is 1460. The molecule has 42 heavy (non-hydrogen) atoms. The molecule has 0 bridgehead atoms. The number of rotatable bonds is 8. The van der Waals surface area contributed by atoms with E-state index in [-0.39, 0.29) is 17.3 Å². The minimum atomic E-state index is -3.59. The smallest absolute Gasteiger partial charge is 0.303 e. The van der Waals surface area contributed by atoms with E-state index in [0.717, 1.165) is 31.4 Å². The molecular formula is C30H34O11S. The van der Waals surface area contributed by atoms with Gasteiger partial charge in [0.05, 0.1) is 10.6 Å². The summed E-state index contributed by atoms with van der Waals surface area (Å²) in [6.45, 7) is 6.33. The van der Waals surface area contributed by atoms with E-state index in [2.05, 4.69) is 0 Å². The molecule has 11 nitrogen and oxygen atoms in total. The van der Waals surface area contributed by atoms with Crippen LogP contribution in [0.3, 0.4) is 0 Å². The average molecular weight is 603 g/mol. The highest BCUT2D eigenvalue weighted by Crippen LogP contribution is 2.43. The van der Waals surface area contributed by atoms with E-state index in [1.807, 2.05) is 31.2 Å². The van der Waals surface area contributed by atoms with Crippen molar-refractivity contribution in [2.24, 2.45) is 0 Å². The number of carbonyl (C=O) groups excluding carboxylic acids is 4. The van der Waals surface area contributed by atoms with Gasteiger partial charge >= 0.3 is 23.9 Å². The fourth-order valence-electron chi connectivity index (χ4n) is 5.46. The van der Waals surface area contributed by atoms with Crippen LogP contribution in [0.2, 0.25) is 0 Å². The largest absolute Gasteiger partial charge is 0.463 e. The standard InChI is InChI=1S/C30H34O11S/c1-6-20-7-9-21(10-8-20)24-15-42(35,36)26-12-11-22(13-23(24)26)27-29(39-18(4)33)30(40-19(5)34)28(38-17(3)32)25(41-27)14-37-16(2)31/h7-13,24-25,27-30H,6,14-15H2,1-5H3/t24-,25?,27?,28?,29?,30?/m0/s1. The molecule has 0 saturated carbocycles. The van der Waals surface area contributed by atoms with Crippen molar-refractivity contribution < 1.29 is 51.3 Å². The summed E-state index contributed by atoms with van der Waals surface area (Å²) in [4.78, 5) is 48.2. The summed E-state index contributed by atoms with van der Waals surface area (Å²) in [6, 6.07) is 12.4. The van der Waals surface area contributed by atoms with Crippen LogP contribution in [0.1, 0.15) is 68.9 Å². The van der Waals surface area contributed by atoms with Crippen LogP contribution in [0.25, 0.3) is 0 Å². The van der Waals surface area contributed by atoms with Crippen LogP contribution in [-0.2, 0) is 59.1 Å². The first-order valence-corrected chi connectivity index (χ1v) is 15.2. The first kappa shape index (κ1) is 31.2. The van der Waals surface area contributed by atoms with Gasteiger partial charge in [0.1, 0.15) is 18.8 Å². The van der Waals surface area contributed by atoms with Crippen LogP contribution in [0.4, 0.5) is 0 Å². The maximum absolute atomic E-state index is 13.1. The van der Waals surface area contributed by atoms with Crippen molar-refractivity contribution in [2.45, 2.75) is 82.4 Å². The summed E-state index contributed by atoms with van der Waals surface area (Å²) in [6.07, 6.45) is -5.29. The second-order valence-corrected chi connectivity index (χ2v) is 12.3. The summed E-state index contributed by atoms with van der Waals surface area (Å²) in [5, 5.41) is 0. The molecule has 5 unspecified atom stereocenters. The Morgan fingerprint density at radius 3 is 1.93 bits per heavy atom. The Balaban J connectivity index is 1.82. The van der Waals surface area contributed by atoms with Gasteiger partial charge in [0, 0.05) is 33.6 Å². The monoisotopic (exact) mass is 602 g/mol. The van der Waals surface area contributed by atoms with Crippen molar-refractivity contribution in [2.75, 3.05) is 12.4 Å². The topological polar surface area (TPSA) is 149 Å². The minimum absolute atomic E-state index is 0.115. The number of sulfone groups is 1. The number of esters is 4. The van der Waals surface area contributed by atoms with E-state index >= 15 is 0 Å². The van der Waals surface area contributed by atoms with Crippen LogP contribution in [0, 0.1) is 0 Å². The van der Waals surface area contributed by atoms with Crippen LogP contribution < -0.4 is 0 Å². The van der Waals surface area contributed by atoms with Gasteiger partial charge in [-0.3, -0.25) is 19.2 Å². The molecule has 0 amide bonds. The van der Waals surface area contributed by atoms with E-state index in [1.165, 1.54) is 19.9 Å². The molecule has 0 spiro atoms. The highest BCUT2D eigenvalue weighted by Gasteiger charge is 2.53. The summed E-state index contributed by atoms with van der Waals surface area (Å²) in [5.41, 5.74) is 2.92. The number of fused-ring (bicyclic) bond motifs is 1. The maximum atomic E-state index is 13.1. The normalized spacial score (nSPS) is 26.0. The molecule has 6 atom stereocenters. The summed E-state index contributed by atoms with van der Waals surface area (Å²) in [5.74, 6) is -3.38.